The first-order valence-corrected chi connectivity index (χ1v) is 7.28. The van der Waals surface area contributed by atoms with E-state index in [0.29, 0.717) is 5.15 Å². The summed E-state index contributed by atoms with van der Waals surface area (Å²) >= 11 is 7.72. The van der Waals surface area contributed by atoms with Gasteiger partial charge in [-0.2, -0.15) is 0 Å². The van der Waals surface area contributed by atoms with Crippen molar-refractivity contribution < 1.29 is 0 Å². The summed E-state index contributed by atoms with van der Waals surface area (Å²) in [6, 6.07) is 10.1. The molecule has 5 heteroatoms. The number of aromatic nitrogens is 2. The quantitative estimate of drug-likeness (QED) is 0.713. The Bertz CT molecular complexity index is 724. The van der Waals surface area contributed by atoms with E-state index in [1.165, 1.54) is 10.1 Å². The van der Waals surface area contributed by atoms with Gasteiger partial charge >= 0.3 is 0 Å². The number of nitrogens with one attached hydrogen (secondary N) is 1. The molecule has 0 atom stereocenters. The smallest absolute Gasteiger partial charge is 0.135 e. The predicted molar refractivity (Wildman–Crippen MR) is 81.5 cm³/mol. The van der Waals surface area contributed by atoms with E-state index in [1.807, 2.05) is 13.0 Å². The van der Waals surface area contributed by atoms with Crippen LogP contribution in [0.4, 0.5) is 11.5 Å². The Morgan fingerprint density at radius 1 is 1.21 bits per heavy atom. The summed E-state index contributed by atoms with van der Waals surface area (Å²) in [7, 11) is 0. The van der Waals surface area contributed by atoms with Crippen molar-refractivity contribution >= 4 is 44.5 Å². The van der Waals surface area contributed by atoms with Crippen molar-refractivity contribution in [1.29, 1.82) is 0 Å². The molecule has 96 valence electrons. The van der Waals surface area contributed by atoms with E-state index in [4.69, 9.17) is 11.6 Å². The maximum Gasteiger partial charge on any atom is 0.135 e. The first kappa shape index (κ1) is 12.4. The number of aryl methyl sites for hydroxylation is 1. The van der Waals surface area contributed by atoms with Crippen LogP contribution in [0.2, 0.25) is 5.15 Å². The van der Waals surface area contributed by atoms with E-state index < -0.39 is 0 Å². The first-order chi connectivity index (χ1) is 9.24. The van der Waals surface area contributed by atoms with Gasteiger partial charge in [0.25, 0.3) is 0 Å². The lowest BCUT2D eigenvalue weighted by molar-refractivity contribution is 0.943. The van der Waals surface area contributed by atoms with Gasteiger partial charge in [-0.05, 0) is 35.0 Å². The lowest BCUT2D eigenvalue weighted by Crippen LogP contribution is -1.99. The number of rotatable bonds is 3. The molecule has 0 aliphatic heterocycles. The molecule has 0 radical (unpaired) electrons. The van der Waals surface area contributed by atoms with Crippen LogP contribution < -0.4 is 5.32 Å². The van der Waals surface area contributed by atoms with Crippen molar-refractivity contribution in [2.45, 2.75) is 13.3 Å². The molecule has 2 heterocycles. The van der Waals surface area contributed by atoms with Gasteiger partial charge in [0.1, 0.15) is 16.8 Å². The van der Waals surface area contributed by atoms with E-state index >= 15 is 0 Å². The molecular weight excluding hydrogens is 278 g/mol. The summed E-state index contributed by atoms with van der Waals surface area (Å²) in [5, 5.41) is 7.05. The zero-order chi connectivity index (χ0) is 13.2. The van der Waals surface area contributed by atoms with Crippen molar-refractivity contribution in [2.24, 2.45) is 0 Å². The number of thiophene rings is 1. The SMILES string of the molecule is CCc1nc(Cl)cc(Nc2ccc3sccc3c2)n1. The van der Waals surface area contributed by atoms with E-state index in [9.17, 15) is 0 Å². The van der Waals surface area contributed by atoms with Gasteiger partial charge in [-0.25, -0.2) is 9.97 Å². The minimum Gasteiger partial charge on any atom is -0.340 e. The molecule has 2 aromatic heterocycles. The molecule has 19 heavy (non-hydrogen) atoms. The Morgan fingerprint density at radius 2 is 2.11 bits per heavy atom. The highest BCUT2D eigenvalue weighted by molar-refractivity contribution is 7.17. The number of benzene rings is 1. The van der Waals surface area contributed by atoms with Crippen LogP contribution in [0.5, 0.6) is 0 Å². The van der Waals surface area contributed by atoms with Gasteiger partial charge in [-0.3, -0.25) is 0 Å². The molecular formula is C14H12ClN3S. The number of hydrogen-bond donors (Lipinski definition) is 1. The van der Waals surface area contributed by atoms with Crippen LogP contribution in [0, 0.1) is 0 Å². The van der Waals surface area contributed by atoms with Crippen LogP contribution in [0.1, 0.15) is 12.7 Å². The van der Waals surface area contributed by atoms with Crippen LogP contribution in [0.25, 0.3) is 10.1 Å². The highest BCUT2D eigenvalue weighted by Gasteiger charge is 2.03. The number of anilines is 2. The molecule has 3 nitrogen and oxygen atoms in total. The second kappa shape index (κ2) is 5.15. The van der Waals surface area contributed by atoms with Crippen LogP contribution in [-0.2, 0) is 6.42 Å². The van der Waals surface area contributed by atoms with Gasteiger partial charge in [-0.1, -0.05) is 18.5 Å². The van der Waals surface area contributed by atoms with Crippen molar-refractivity contribution in [1.82, 2.24) is 9.97 Å². The molecule has 0 aliphatic rings. The van der Waals surface area contributed by atoms with Crippen molar-refractivity contribution in [3.05, 3.63) is 46.7 Å². The molecule has 0 amide bonds. The van der Waals surface area contributed by atoms with Gasteiger partial charge in [0.15, 0.2) is 0 Å². The van der Waals surface area contributed by atoms with Gasteiger partial charge in [-0.15, -0.1) is 11.3 Å². The summed E-state index contributed by atoms with van der Waals surface area (Å²) in [5.41, 5.74) is 1.00. The van der Waals surface area contributed by atoms with Crippen molar-refractivity contribution in [3.8, 4) is 0 Å². The van der Waals surface area contributed by atoms with Gasteiger partial charge in [0.2, 0.25) is 0 Å². The Balaban J connectivity index is 1.93. The maximum absolute atomic E-state index is 5.98. The van der Waals surface area contributed by atoms with Gasteiger partial charge in [0, 0.05) is 22.9 Å². The van der Waals surface area contributed by atoms with E-state index in [0.717, 1.165) is 23.8 Å². The number of hydrogen-bond acceptors (Lipinski definition) is 4. The molecule has 0 spiro atoms. The number of nitrogens with zero attached hydrogens (tertiary/aromatic N) is 2. The van der Waals surface area contributed by atoms with E-state index in [2.05, 4.69) is 38.9 Å². The fourth-order valence-electron chi connectivity index (χ4n) is 1.88. The largest absolute Gasteiger partial charge is 0.340 e. The minimum atomic E-state index is 0.464. The lowest BCUT2D eigenvalue weighted by Gasteiger charge is -2.07. The van der Waals surface area contributed by atoms with Gasteiger partial charge < -0.3 is 5.32 Å². The predicted octanol–water partition coefficient (Wildman–Crippen LogP) is 4.65. The first-order valence-electron chi connectivity index (χ1n) is 6.02. The zero-order valence-corrected chi connectivity index (χ0v) is 11.9. The highest BCUT2D eigenvalue weighted by Crippen LogP contribution is 2.26. The second-order valence-electron chi connectivity index (χ2n) is 4.14. The average molecular weight is 290 g/mol. The minimum absolute atomic E-state index is 0.464. The van der Waals surface area contributed by atoms with Crippen LogP contribution in [0.3, 0.4) is 0 Å². The molecule has 0 bridgehead atoms. The third-order valence-electron chi connectivity index (χ3n) is 2.78. The lowest BCUT2D eigenvalue weighted by atomic mass is 10.2. The normalized spacial score (nSPS) is 10.8. The molecule has 1 N–H and O–H groups in total. The van der Waals surface area contributed by atoms with Crippen molar-refractivity contribution in [3.63, 3.8) is 0 Å². The molecule has 0 unspecified atom stereocenters. The third-order valence-corrected chi connectivity index (χ3v) is 3.87. The number of fused-ring (bicyclic) bond motifs is 1. The highest BCUT2D eigenvalue weighted by atomic mass is 35.5. The zero-order valence-electron chi connectivity index (χ0n) is 10.4. The topological polar surface area (TPSA) is 37.8 Å². The van der Waals surface area contributed by atoms with Gasteiger partial charge in [0.05, 0.1) is 0 Å². The van der Waals surface area contributed by atoms with E-state index in [-0.39, 0.29) is 0 Å². The molecule has 0 aliphatic carbocycles. The number of halogens is 1. The fraction of sp³-hybridized carbons (Fsp3) is 0.143. The summed E-state index contributed by atoms with van der Waals surface area (Å²) in [6.45, 7) is 2.01. The van der Waals surface area contributed by atoms with Crippen molar-refractivity contribution in [2.75, 3.05) is 5.32 Å². The Morgan fingerprint density at radius 3 is 2.95 bits per heavy atom. The Kier molecular flexibility index (Phi) is 3.36. The molecule has 3 aromatic rings. The molecule has 0 saturated heterocycles. The standard InChI is InChI=1S/C14H12ClN3S/c1-2-13-17-12(15)8-14(18-13)16-10-3-4-11-9(7-10)5-6-19-11/h3-8H,2H2,1H3,(H,16,17,18). The maximum atomic E-state index is 5.98. The third kappa shape index (κ3) is 2.69. The van der Waals surface area contributed by atoms with Crippen LogP contribution >= 0.6 is 22.9 Å². The molecule has 1 aromatic carbocycles. The summed E-state index contributed by atoms with van der Waals surface area (Å²) in [4.78, 5) is 8.56. The summed E-state index contributed by atoms with van der Waals surface area (Å²) in [6.07, 6.45) is 0.763. The molecule has 3 rings (SSSR count). The van der Waals surface area contributed by atoms with Crippen LogP contribution in [-0.4, -0.2) is 9.97 Å². The monoisotopic (exact) mass is 289 g/mol. The second-order valence-corrected chi connectivity index (χ2v) is 5.48. The Hall–Kier alpha value is -1.65. The molecule has 0 saturated carbocycles. The fourth-order valence-corrected chi connectivity index (χ4v) is 2.85. The summed E-state index contributed by atoms with van der Waals surface area (Å²) in [5.74, 6) is 1.47. The summed E-state index contributed by atoms with van der Waals surface area (Å²) < 4.78 is 1.28. The van der Waals surface area contributed by atoms with E-state index in [1.54, 1.807) is 17.4 Å². The molecule has 0 fully saturated rings. The Labute approximate surface area is 120 Å². The average Bonchev–Trinajstić information content (AvgIpc) is 2.85. The van der Waals surface area contributed by atoms with Crippen LogP contribution in [0.15, 0.2) is 35.7 Å².